The molecule has 0 radical (unpaired) electrons. The molecule has 0 saturated heterocycles. The summed E-state index contributed by atoms with van der Waals surface area (Å²) in [6, 6.07) is 4.25. The number of hydrogen-bond acceptors (Lipinski definition) is 2. The zero-order valence-corrected chi connectivity index (χ0v) is 9.21. The van der Waals surface area contributed by atoms with Gasteiger partial charge in [0, 0.05) is 11.9 Å². The summed E-state index contributed by atoms with van der Waals surface area (Å²) in [6.07, 6.45) is 5.53. The lowest BCUT2D eigenvalue weighted by Gasteiger charge is -2.04. The van der Waals surface area contributed by atoms with Crippen molar-refractivity contribution in [3.8, 4) is 0 Å². The SMILES string of the molecule is CCCCNCCc1ccnc(C)c1. The second kappa shape index (κ2) is 6.55. The van der Waals surface area contributed by atoms with Gasteiger partial charge in [-0.3, -0.25) is 4.98 Å². The molecule has 0 aromatic carbocycles. The van der Waals surface area contributed by atoms with E-state index >= 15 is 0 Å². The Morgan fingerprint density at radius 2 is 2.21 bits per heavy atom. The van der Waals surface area contributed by atoms with Crippen molar-refractivity contribution in [2.75, 3.05) is 13.1 Å². The third-order valence-corrected chi connectivity index (χ3v) is 2.26. The first-order chi connectivity index (χ1) is 6.83. The summed E-state index contributed by atoms with van der Waals surface area (Å²) in [5, 5.41) is 3.43. The summed E-state index contributed by atoms with van der Waals surface area (Å²) in [6.45, 7) is 6.46. The van der Waals surface area contributed by atoms with Crippen molar-refractivity contribution in [3.63, 3.8) is 0 Å². The first-order valence-corrected chi connectivity index (χ1v) is 5.45. The van der Waals surface area contributed by atoms with E-state index < -0.39 is 0 Å². The zero-order chi connectivity index (χ0) is 10.2. The van der Waals surface area contributed by atoms with Gasteiger partial charge in [-0.2, -0.15) is 0 Å². The number of hydrogen-bond donors (Lipinski definition) is 1. The van der Waals surface area contributed by atoms with Crippen molar-refractivity contribution in [1.82, 2.24) is 10.3 Å². The molecule has 0 saturated carbocycles. The second-order valence-corrected chi connectivity index (χ2v) is 3.66. The average Bonchev–Trinajstić information content (AvgIpc) is 2.18. The molecule has 0 atom stereocenters. The molecule has 2 nitrogen and oxygen atoms in total. The highest BCUT2D eigenvalue weighted by Gasteiger charge is 1.93. The minimum atomic E-state index is 1.07. The molecule has 1 rings (SSSR count). The van der Waals surface area contributed by atoms with Crippen LogP contribution < -0.4 is 5.32 Å². The summed E-state index contributed by atoms with van der Waals surface area (Å²) < 4.78 is 0. The molecule has 0 spiro atoms. The maximum Gasteiger partial charge on any atom is 0.0375 e. The van der Waals surface area contributed by atoms with E-state index in [2.05, 4.69) is 29.4 Å². The Morgan fingerprint density at radius 3 is 2.93 bits per heavy atom. The Labute approximate surface area is 86.8 Å². The normalized spacial score (nSPS) is 10.4. The highest BCUT2D eigenvalue weighted by atomic mass is 14.8. The number of aryl methyl sites for hydroxylation is 1. The van der Waals surface area contributed by atoms with Crippen molar-refractivity contribution < 1.29 is 0 Å². The van der Waals surface area contributed by atoms with Gasteiger partial charge < -0.3 is 5.32 Å². The number of nitrogens with zero attached hydrogens (tertiary/aromatic N) is 1. The predicted molar refractivity (Wildman–Crippen MR) is 60.5 cm³/mol. The number of pyridine rings is 1. The lowest BCUT2D eigenvalue weighted by Crippen LogP contribution is -2.18. The lowest BCUT2D eigenvalue weighted by atomic mass is 10.2. The standard InChI is InChI=1S/C12H20N2/c1-3-4-7-13-8-5-12-6-9-14-11(2)10-12/h6,9-10,13H,3-5,7-8H2,1-2H3. The Kier molecular flexibility index (Phi) is 5.23. The van der Waals surface area contributed by atoms with Crippen molar-refractivity contribution in [1.29, 1.82) is 0 Å². The van der Waals surface area contributed by atoms with Crippen LogP contribution in [0.3, 0.4) is 0 Å². The van der Waals surface area contributed by atoms with Crippen molar-refractivity contribution in [2.24, 2.45) is 0 Å². The Bertz CT molecular complexity index is 258. The smallest absolute Gasteiger partial charge is 0.0375 e. The fraction of sp³-hybridized carbons (Fsp3) is 0.583. The van der Waals surface area contributed by atoms with E-state index in [1.54, 1.807) is 0 Å². The third kappa shape index (κ3) is 4.38. The molecule has 0 bridgehead atoms. The maximum atomic E-state index is 4.18. The molecule has 78 valence electrons. The van der Waals surface area contributed by atoms with Crippen LogP contribution >= 0.6 is 0 Å². The molecule has 0 unspecified atom stereocenters. The van der Waals surface area contributed by atoms with Crippen LogP contribution in [0.2, 0.25) is 0 Å². The molecule has 1 aromatic heterocycles. The van der Waals surface area contributed by atoms with Gasteiger partial charge in [0.1, 0.15) is 0 Å². The van der Waals surface area contributed by atoms with Gasteiger partial charge >= 0.3 is 0 Å². The number of unbranched alkanes of at least 4 members (excludes halogenated alkanes) is 1. The lowest BCUT2D eigenvalue weighted by molar-refractivity contribution is 0.640. The minimum Gasteiger partial charge on any atom is -0.316 e. The predicted octanol–water partition coefficient (Wildman–Crippen LogP) is 2.32. The molecule has 2 heteroatoms. The van der Waals surface area contributed by atoms with Crippen LogP contribution in [0.15, 0.2) is 18.3 Å². The Hall–Kier alpha value is -0.890. The third-order valence-electron chi connectivity index (χ3n) is 2.26. The summed E-state index contributed by atoms with van der Waals surface area (Å²) in [7, 11) is 0. The number of rotatable bonds is 6. The summed E-state index contributed by atoms with van der Waals surface area (Å²) in [4.78, 5) is 4.18. The van der Waals surface area contributed by atoms with Gasteiger partial charge in [0.05, 0.1) is 0 Å². The average molecular weight is 192 g/mol. The fourth-order valence-electron chi connectivity index (χ4n) is 1.42. The van der Waals surface area contributed by atoms with Crippen LogP contribution in [0.25, 0.3) is 0 Å². The van der Waals surface area contributed by atoms with Crippen molar-refractivity contribution in [3.05, 3.63) is 29.6 Å². The summed E-state index contributed by atoms with van der Waals surface area (Å²) in [5.74, 6) is 0. The topological polar surface area (TPSA) is 24.9 Å². The quantitative estimate of drug-likeness (QED) is 0.700. The van der Waals surface area contributed by atoms with Gasteiger partial charge in [-0.05, 0) is 50.6 Å². The molecular formula is C12H20N2. The van der Waals surface area contributed by atoms with E-state index in [-0.39, 0.29) is 0 Å². The first kappa shape index (κ1) is 11.2. The van der Waals surface area contributed by atoms with E-state index in [9.17, 15) is 0 Å². The van der Waals surface area contributed by atoms with E-state index in [1.165, 1.54) is 18.4 Å². The monoisotopic (exact) mass is 192 g/mol. The molecule has 1 aromatic rings. The van der Waals surface area contributed by atoms with Crippen LogP contribution in [0.1, 0.15) is 31.0 Å². The molecule has 0 aliphatic heterocycles. The van der Waals surface area contributed by atoms with Crippen molar-refractivity contribution in [2.45, 2.75) is 33.1 Å². The molecular weight excluding hydrogens is 172 g/mol. The molecule has 0 fully saturated rings. The van der Waals surface area contributed by atoms with Crippen molar-refractivity contribution >= 4 is 0 Å². The van der Waals surface area contributed by atoms with E-state index in [0.29, 0.717) is 0 Å². The minimum absolute atomic E-state index is 1.07. The van der Waals surface area contributed by atoms with Gasteiger partial charge in [-0.25, -0.2) is 0 Å². The van der Waals surface area contributed by atoms with Gasteiger partial charge in [0.2, 0.25) is 0 Å². The van der Waals surface area contributed by atoms with Gasteiger partial charge in [-0.1, -0.05) is 13.3 Å². The molecule has 1 heterocycles. The molecule has 14 heavy (non-hydrogen) atoms. The van der Waals surface area contributed by atoms with Gasteiger partial charge in [0.15, 0.2) is 0 Å². The van der Waals surface area contributed by atoms with E-state index in [1.807, 2.05) is 13.1 Å². The molecule has 1 N–H and O–H groups in total. The van der Waals surface area contributed by atoms with Crippen LogP contribution in [0.4, 0.5) is 0 Å². The first-order valence-electron chi connectivity index (χ1n) is 5.45. The molecule has 0 amide bonds. The summed E-state index contributed by atoms with van der Waals surface area (Å²) >= 11 is 0. The number of aromatic nitrogens is 1. The Balaban J connectivity index is 2.18. The highest BCUT2D eigenvalue weighted by molar-refractivity contribution is 5.15. The fourth-order valence-corrected chi connectivity index (χ4v) is 1.42. The second-order valence-electron chi connectivity index (χ2n) is 3.66. The van der Waals surface area contributed by atoms with E-state index in [0.717, 1.165) is 25.2 Å². The number of nitrogens with one attached hydrogen (secondary N) is 1. The highest BCUT2D eigenvalue weighted by Crippen LogP contribution is 2.00. The van der Waals surface area contributed by atoms with Crippen LogP contribution in [-0.2, 0) is 6.42 Å². The van der Waals surface area contributed by atoms with Crippen LogP contribution in [0, 0.1) is 6.92 Å². The van der Waals surface area contributed by atoms with Gasteiger partial charge in [-0.15, -0.1) is 0 Å². The zero-order valence-electron chi connectivity index (χ0n) is 9.21. The van der Waals surface area contributed by atoms with E-state index in [4.69, 9.17) is 0 Å². The van der Waals surface area contributed by atoms with Crippen LogP contribution in [0.5, 0.6) is 0 Å². The Morgan fingerprint density at radius 1 is 1.36 bits per heavy atom. The van der Waals surface area contributed by atoms with Gasteiger partial charge in [0.25, 0.3) is 0 Å². The largest absolute Gasteiger partial charge is 0.316 e. The summed E-state index contributed by atoms with van der Waals surface area (Å²) in [5.41, 5.74) is 2.48. The maximum absolute atomic E-state index is 4.18. The van der Waals surface area contributed by atoms with Crippen LogP contribution in [-0.4, -0.2) is 18.1 Å². The molecule has 0 aliphatic carbocycles. The molecule has 0 aliphatic rings.